The number of fused-ring (bicyclic) bond motifs is 2. The number of urea groups is 1. The maximum atomic E-state index is 12.8. The number of hydrogen-bond donors (Lipinski definition) is 1. The van der Waals surface area contributed by atoms with Crippen molar-refractivity contribution in [3.63, 3.8) is 0 Å². The molecule has 2 aromatic heterocycles. The van der Waals surface area contributed by atoms with E-state index in [9.17, 15) is 4.79 Å². The minimum atomic E-state index is -0.103. The zero-order valence-corrected chi connectivity index (χ0v) is 15.4. The lowest BCUT2D eigenvalue weighted by Gasteiger charge is -2.31. The van der Waals surface area contributed by atoms with Crippen LogP contribution in [0.1, 0.15) is 37.1 Å². The number of aromatic nitrogens is 4. The molecule has 7 nitrogen and oxygen atoms in total. The average molecular weight is 352 g/mol. The van der Waals surface area contributed by atoms with E-state index in [1.54, 1.807) is 4.90 Å². The summed E-state index contributed by atoms with van der Waals surface area (Å²) in [4.78, 5) is 14.6. The van der Waals surface area contributed by atoms with E-state index in [0.29, 0.717) is 0 Å². The van der Waals surface area contributed by atoms with E-state index in [4.69, 9.17) is 0 Å². The Morgan fingerprint density at radius 1 is 1.35 bits per heavy atom. The molecular formula is C19H24N6O. The monoisotopic (exact) mass is 352 g/mol. The number of rotatable bonds is 3. The Bertz CT molecular complexity index is 956. The molecule has 26 heavy (non-hydrogen) atoms. The minimum Gasteiger partial charge on any atom is -0.320 e. The maximum Gasteiger partial charge on any atom is 0.322 e. The summed E-state index contributed by atoms with van der Waals surface area (Å²) in [6, 6.07) is 5.86. The summed E-state index contributed by atoms with van der Waals surface area (Å²) >= 11 is 0. The molecule has 0 bridgehead atoms. The van der Waals surface area contributed by atoms with Crippen LogP contribution in [0.15, 0.2) is 30.6 Å². The van der Waals surface area contributed by atoms with E-state index in [1.807, 2.05) is 54.1 Å². The summed E-state index contributed by atoms with van der Waals surface area (Å²) in [5.41, 5.74) is 4.21. The number of carbonyl (C=O) groups is 1. The van der Waals surface area contributed by atoms with Crippen molar-refractivity contribution in [2.24, 2.45) is 7.05 Å². The molecule has 1 unspecified atom stereocenters. The highest BCUT2D eigenvalue weighted by Crippen LogP contribution is 2.33. The summed E-state index contributed by atoms with van der Waals surface area (Å²) in [5.74, 6) is 0. The van der Waals surface area contributed by atoms with E-state index in [0.717, 1.165) is 48.0 Å². The van der Waals surface area contributed by atoms with Gasteiger partial charge in [-0.15, -0.1) is 0 Å². The molecule has 0 saturated heterocycles. The van der Waals surface area contributed by atoms with Gasteiger partial charge in [-0.2, -0.15) is 10.2 Å². The quantitative estimate of drug-likeness (QED) is 0.786. The third-order valence-electron chi connectivity index (χ3n) is 5.33. The second kappa shape index (κ2) is 6.48. The molecule has 1 atom stereocenters. The van der Waals surface area contributed by atoms with Crippen LogP contribution in [0, 0.1) is 0 Å². The van der Waals surface area contributed by atoms with Crippen molar-refractivity contribution in [2.75, 3.05) is 12.4 Å². The molecule has 7 heteroatoms. The number of carbonyl (C=O) groups excluding carboxylic acids is 1. The van der Waals surface area contributed by atoms with Crippen molar-refractivity contribution in [2.45, 2.75) is 38.8 Å². The van der Waals surface area contributed by atoms with Gasteiger partial charge in [0.15, 0.2) is 0 Å². The predicted molar refractivity (Wildman–Crippen MR) is 101 cm³/mol. The van der Waals surface area contributed by atoms with Crippen molar-refractivity contribution >= 4 is 22.6 Å². The first-order chi connectivity index (χ1) is 12.6. The number of benzene rings is 1. The summed E-state index contributed by atoms with van der Waals surface area (Å²) in [6.07, 6.45) is 6.80. The van der Waals surface area contributed by atoms with Crippen LogP contribution >= 0.6 is 0 Å². The number of amides is 2. The fraction of sp³-hybridized carbons (Fsp3) is 0.421. The Morgan fingerprint density at radius 2 is 2.19 bits per heavy atom. The molecule has 1 N–H and O–H groups in total. The van der Waals surface area contributed by atoms with Crippen molar-refractivity contribution in [1.29, 1.82) is 0 Å². The van der Waals surface area contributed by atoms with Crippen molar-refractivity contribution in [3.8, 4) is 0 Å². The standard InChI is InChI=1S/C19H24N6O/c1-4-25-18-10-14(9-8-13(18)11-21-25)22-19(26)23(2)16-6-5-7-17-15(16)12-20-24(17)3/h8-12,16H,4-7H2,1-3H3,(H,22,26). The van der Waals surface area contributed by atoms with Crippen LogP contribution in [0.4, 0.5) is 10.5 Å². The third-order valence-corrected chi connectivity index (χ3v) is 5.33. The lowest BCUT2D eigenvalue weighted by atomic mass is 9.92. The van der Waals surface area contributed by atoms with Crippen LogP contribution in [0.3, 0.4) is 0 Å². The fourth-order valence-electron chi connectivity index (χ4n) is 3.84. The number of hydrogen-bond acceptors (Lipinski definition) is 3. The van der Waals surface area contributed by atoms with Gasteiger partial charge in [0.1, 0.15) is 0 Å². The molecule has 0 spiro atoms. The zero-order chi connectivity index (χ0) is 18.3. The van der Waals surface area contributed by atoms with Crippen LogP contribution in [0.25, 0.3) is 10.9 Å². The highest BCUT2D eigenvalue weighted by molar-refractivity contribution is 5.92. The molecule has 136 valence electrons. The Labute approximate surface area is 152 Å². The Balaban J connectivity index is 1.55. The first kappa shape index (κ1) is 16.6. The molecule has 1 aliphatic carbocycles. The van der Waals surface area contributed by atoms with Crippen LogP contribution in [-0.2, 0) is 20.0 Å². The number of nitrogens with one attached hydrogen (secondary N) is 1. The van der Waals surface area contributed by atoms with Gasteiger partial charge < -0.3 is 10.2 Å². The van der Waals surface area contributed by atoms with Gasteiger partial charge in [0.25, 0.3) is 0 Å². The number of aryl methyl sites for hydroxylation is 2. The SMILES string of the molecule is CCn1ncc2ccc(NC(=O)N(C)C3CCCc4c3cnn4C)cc21. The van der Waals surface area contributed by atoms with Crippen LogP contribution in [0.2, 0.25) is 0 Å². The Hall–Kier alpha value is -2.83. The first-order valence-corrected chi connectivity index (χ1v) is 9.08. The van der Waals surface area contributed by atoms with Crippen LogP contribution in [-0.4, -0.2) is 37.5 Å². The molecule has 0 radical (unpaired) electrons. The molecule has 1 aliphatic rings. The molecule has 4 rings (SSSR count). The summed E-state index contributed by atoms with van der Waals surface area (Å²) in [5, 5.41) is 12.8. The Morgan fingerprint density at radius 3 is 3.00 bits per heavy atom. The van der Waals surface area contributed by atoms with Gasteiger partial charge >= 0.3 is 6.03 Å². The smallest absolute Gasteiger partial charge is 0.320 e. The van der Waals surface area contributed by atoms with E-state index < -0.39 is 0 Å². The lowest BCUT2D eigenvalue weighted by Crippen LogP contribution is -2.36. The van der Waals surface area contributed by atoms with Gasteiger partial charge in [0.2, 0.25) is 0 Å². The van der Waals surface area contributed by atoms with Crippen LogP contribution < -0.4 is 5.32 Å². The molecule has 0 saturated carbocycles. The first-order valence-electron chi connectivity index (χ1n) is 9.08. The molecule has 2 amide bonds. The fourth-order valence-corrected chi connectivity index (χ4v) is 3.84. The van der Waals surface area contributed by atoms with Crippen molar-refractivity contribution in [3.05, 3.63) is 41.9 Å². The second-order valence-electron chi connectivity index (χ2n) is 6.85. The zero-order valence-electron chi connectivity index (χ0n) is 15.4. The Kier molecular flexibility index (Phi) is 4.14. The molecule has 0 fully saturated rings. The van der Waals surface area contributed by atoms with Gasteiger partial charge in [-0.25, -0.2) is 4.79 Å². The molecule has 1 aromatic carbocycles. The van der Waals surface area contributed by atoms with Gasteiger partial charge in [0, 0.05) is 43.0 Å². The highest BCUT2D eigenvalue weighted by Gasteiger charge is 2.29. The van der Waals surface area contributed by atoms with Crippen LogP contribution in [0.5, 0.6) is 0 Å². The normalized spacial score (nSPS) is 16.5. The second-order valence-corrected chi connectivity index (χ2v) is 6.85. The largest absolute Gasteiger partial charge is 0.322 e. The van der Waals surface area contributed by atoms with Gasteiger partial charge in [-0.1, -0.05) is 0 Å². The number of anilines is 1. The summed E-state index contributed by atoms with van der Waals surface area (Å²) in [7, 11) is 3.82. The molecule has 0 aliphatic heterocycles. The average Bonchev–Trinajstić information content (AvgIpc) is 3.24. The van der Waals surface area contributed by atoms with Gasteiger partial charge in [0.05, 0.1) is 24.0 Å². The molecular weight excluding hydrogens is 328 g/mol. The highest BCUT2D eigenvalue weighted by atomic mass is 16.2. The van der Waals surface area contributed by atoms with Gasteiger partial charge in [-0.05, 0) is 44.4 Å². The topological polar surface area (TPSA) is 68.0 Å². The van der Waals surface area contributed by atoms with E-state index >= 15 is 0 Å². The van der Waals surface area contributed by atoms with E-state index in [-0.39, 0.29) is 12.1 Å². The van der Waals surface area contributed by atoms with Gasteiger partial charge in [-0.3, -0.25) is 9.36 Å². The van der Waals surface area contributed by atoms with E-state index in [2.05, 4.69) is 22.4 Å². The van der Waals surface area contributed by atoms with Crippen molar-refractivity contribution < 1.29 is 4.79 Å². The number of nitrogens with zero attached hydrogens (tertiary/aromatic N) is 5. The minimum absolute atomic E-state index is 0.0670. The summed E-state index contributed by atoms with van der Waals surface area (Å²) in [6.45, 7) is 2.85. The predicted octanol–water partition coefficient (Wildman–Crippen LogP) is 3.33. The third kappa shape index (κ3) is 2.73. The lowest BCUT2D eigenvalue weighted by molar-refractivity contribution is 0.197. The van der Waals surface area contributed by atoms with E-state index in [1.165, 1.54) is 5.69 Å². The molecule has 3 aromatic rings. The van der Waals surface area contributed by atoms with Crippen molar-refractivity contribution in [1.82, 2.24) is 24.5 Å². The summed E-state index contributed by atoms with van der Waals surface area (Å²) < 4.78 is 3.85. The maximum absolute atomic E-state index is 12.8. The molecule has 2 heterocycles.